The molecule has 1 radical (unpaired) electrons. The van der Waals surface area contributed by atoms with Crippen LogP contribution in [0.2, 0.25) is 6.82 Å². The summed E-state index contributed by atoms with van der Waals surface area (Å²) in [5.41, 5.74) is 2.30. The van der Waals surface area contributed by atoms with Gasteiger partial charge >= 0.3 is 11.9 Å². The first kappa shape index (κ1) is 18.1. The lowest BCUT2D eigenvalue weighted by Crippen LogP contribution is -2.20. The van der Waals surface area contributed by atoms with Crippen LogP contribution in [0.3, 0.4) is 0 Å². The number of hydrogen-bond donors (Lipinski definition) is 1. The number of aromatic amines is 1. The highest BCUT2D eigenvalue weighted by Gasteiger charge is 2.28. The Morgan fingerprint density at radius 2 is 1.96 bits per heavy atom. The summed E-state index contributed by atoms with van der Waals surface area (Å²) in [7, 11) is 1.84. The van der Waals surface area contributed by atoms with Gasteiger partial charge in [-0.25, -0.2) is 9.78 Å². The standard InChI is InChI=1S/C18H13BF3N4O2/c1-19-12-4-6-24-16-15(12)26(17(27)25-16)10-2-3-13-11(8-10)14(5-7-23-13)28-9-18(20,21)22/h2-8H,9H2,1H3,(H,24,25,27). The number of nitrogens with zero attached hydrogens (tertiary/aromatic N) is 3. The molecule has 0 spiro atoms. The Morgan fingerprint density at radius 1 is 1.18 bits per heavy atom. The number of imidazole rings is 1. The third-order valence-corrected chi connectivity index (χ3v) is 4.25. The molecular weight excluding hydrogens is 372 g/mol. The fraction of sp³-hybridized carbons (Fsp3) is 0.167. The van der Waals surface area contributed by atoms with E-state index in [4.69, 9.17) is 4.74 Å². The van der Waals surface area contributed by atoms with Crippen molar-refractivity contribution in [3.8, 4) is 11.4 Å². The number of alkyl halides is 3. The second-order valence-corrected chi connectivity index (χ2v) is 6.07. The topological polar surface area (TPSA) is 72.8 Å². The van der Waals surface area contributed by atoms with Crippen LogP contribution in [0.4, 0.5) is 13.2 Å². The number of H-pyrrole nitrogens is 1. The zero-order chi connectivity index (χ0) is 19.9. The fourth-order valence-corrected chi connectivity index (χ4v) is 3.07. The van der Waals surface area contributed by atoms with Crippen LogP contribution in [0, 0.1) is 0 Å². The summed E-state index contributed by atoms with van der Waals surface area (Å²) in [6.45, 7) is 0.423. The van der Waals surface area contributed by atoms with Crippen molar-refractivity contribution in [3.05, 3.63) is 53.2 Å². The summed E-state index contributed by atoms with van der Waals surface area (Å²) in [4.78, 5) is 23.6. The Bertz CT molecular complexity index is 1230. The molecule has 0 aliphatic rings. The van der Waals surface area contributed by atoms with Gasteiger partial charge in [0.05, 0.1) is 16.7 Å². The Balaban J connectivity index is 1.90. The van der Waals surface area contributed by atoms with Gasteiger partial charge in [0, 0.05) is 17.8 Å². The van der Waals surface area contributed by atoms with Crippen molar-refractivity contribution in [1.29, 1.82) is 0 Å². The van der Waals surface area contributed by atoms with Gasteiger partial charge in [0.25, 0.3) is 0 Å². The molecule has 141 valence electrons. The van der Waals surface area contributed by atoms with Crippen molar-refractivity contribution < 1.29 is 17.9 Å². The minimum Gasteiger partial charge on any atom is -0.483 e. The highest BCUT2D eigenvalue weighted by molar-refractivity contribution is 6.55. The second-order valence-electron chi connectivity index (χ2n) is 6.07. The van der Waals surface area contributed by atoms with Crippen LogP contribution < -0.4 is 15.9 Å². The molecular formula is C18H13BF3N4O2. The molecule has 4 aromatic rings. The van der Waals surface area contributed by atoms with E-state index in [-0.39, 0.29) is 5.75 Å². The third-order valence-electron chi connectivity index (χ3n) is 4.25. The van der Waals surface area contributed by atoms with E-state index in [1.807, 2.05) is 14.1 Å². The number of rotatable bonds is 4. The molecule has 0 saturated heterocycles. The van der Waals surface area contributed by atoms with Gasteiger partial charge in [-0.3, -0.25) is 14.5 Å². The van der Waals surface area contributed by atoms with Crippen LogP contribution in [0.25, 0.3) is 27.8 Å². The van der Waals surface area contributed by atoms with Gasteiger partial charge < -0.3 is 4.74 Å². The molecule has 28 heavy (non-hydrogen) atoms. The molecule has 0 bridgehead atoms. The first-order chi connectivity index (χ1) is 13.4. The quantitative estimate of drug-likeness (QED) is 0.549. The molecule has 0 fully saturated rings. The third kappa shape index (κ3) is 3.21. The van der Waals surface area contributed by atoms with Crippen molar-refractivity contribution in [3.63, 3.8) is 0 Å². The summed E-state index contributed by atoms with van der Waals surface area (Å²) in [5, 5.41) is 0.372. The van der Waals surface area contributed by atoms with E-state index in [2.05, 4.69) is 15.0 Å². The molecule has 0 saturated carbocycles. The summed E-state index contributed by atoms with van der Waals surface area (Å²) in [5.74, 6) is 0.0393. The molecule has 4 rings (SSSR count). The van der Waals surface area contributed by atoms with Crippen molar-refractivity contribution in [2.45, 2.75) is 13.0 Å². The predicted molar refractivity (Wildman–Crippen MR) is 99.8 cm³/mol. The Hall–Kier alpha value is -3.30. The molecule has 3 aromatic heterocycles. The SMILES string of the molecule is C[B]c1ccnc2[nH]c(=O)n(-c3ccc4nccc(OCC(F)(F)F)c4c3)c12. The zero-order valence-electron chi connectivity index (χ0n) is 14.6. The Labute approximate surface area is 157 Å². The number of aromatic nitrogens is 4. The molecule has 6 nitrogen and oxygen atoms in total. The van der Waals surface area contributed by atoms with Crippen molar-refractivity contribution in [1.82, 2.24) is 19.5 Å². The van der Waals surface area contributed by atoms with E-state index in [0.717, 1.165) is 5.46 Å². The maximum atomic E-state index is 12.6. The molecule has 1 aromatic carbocycles. The Morgan fingerprint density at radius 3 is 2.71 bits per heavy atom. The number of nitrogens with one attached hydrogen (secondary N) is 1. The fourth-order valence-electron chi connectivity index (χ4n) is 3.07. The summed E-state index contributed by atoms with van der Waals surface area (Å²) < 4.78 is 44.0. The van der Waals surface area contributed by atoms with Gasteiger partial charge in [0.1, 0.15) is 5.75 Å². The van der Waals surface area contributed by atoms with Gasteiger partial charge in [0.2, 0.25) is 0 Å². The van der Waals surface area contributed by atoms with Crippen molar-refractivity contribution >= 4 is 34.8 Å². The highest BCUT2D eigenvalue weighted by Crippen LogP contribution is 2.28. The molecule has 0 atom stereocenters. The molecule has 3 heterocycles. The van der Waals surface area contributed by atoms with E-state index >= 15 is 0 Å². The van der Waals surface area contributed by atoms with E-state index < -0.39 is 18.5 Å². The number of pyridine rings is 2. The predicted octanol–water partition coefficient (Wildman–Crippen LogP) is 2.58. The minimum absolute atomic E-state index is 0.0393. The lowest BCUT2D eigenvalue weighted by atomic mass is 9.73. The maximum absolute atomic E-state index is 12.6. The normalized spacial score (nSPS) is 11.9. The van der Waals surface area contributed by atoms with Crippen molar-refractivity contribution in [2.75, 3.05) is 6.61 Å². The van der Waals surface area contributed by atoms with Crippen LogP contribution in [0.15, 0.2) is 47.5 Å². The summed E-state index contributed by atoms with van der Waals surface area (Å²) >= 11 is 0. The summed E-state index contributed by atoms with van der Waals surface area (Å²) in [6.07, 6.45) is -1.50. The first-order valence-electron chi connectivity index (χ1n) is 8.35. The number of hydrogen-bond acceptors (Lipinski definition) is 4. The van der Waals surface area contributed by atoms with Gasteiger partial charge in [-0.15, -0.1) is 0 Å². The first-order valence-corrected chi connectivity index (χ1v) is 8.35. The number of benzene rings is 1. The van der Waals surface area contributed by atoms with Crippen LogP contribution in [-0.4, -0.2) is 39.6 Å². The minimum atomic E-state index is -4.46. The molecule has 0 aliphatic heterocycles. The van der Waals surface area contributed by atoms with Gasteiger partial charge in [-0.05, 0) is 30.3 Å². The molecule has 0 amide bonds. The zero-order valence-corrected chi connectivity index (χ0v) is 14.6. The lowest BCUT2D eigenvalue weighted by molar-refractivity contribution is -0.153. The lowest BCUT2D eigenvalue weighted by Gasteiger charge is -2.12. The second kappa shape index (κ2) is 6.70. The number of halogens is 3. The molecule has 0 unspecified atom stereocenters. The van der Waals surface area contributed by atoms with Gasteiger partial charge in [0.15, 0.2) is 19.5 Å². The van der Waals surface area contributed by atoms with E-state index in [0.29, 0.717) is 27.8 Å². The number of fused-ring (bicyclic) bond motifs is 2. The van der Waals surface area contributed by atoms with Gasteiger partial charge in [-0.1, -0.05) is 12.3 Å². The van der Waals surface area contributed by atoms with Gasteiger partial charge in [-0.2, -0.15) is 13.2 Å². The maximum Gasteiger partial charge on any atom is 0.422 e. The summed E-state index contributed by atoms with van der Waals surface area (Å²) in [6, 6.07) is 8.01. The monoisotopic (exact) mass is 385 g/mol. The van der Waals surface area contributed by atoms with Crippen LogP contribution >= 0.6 is 0 Å². The Kier molecular flexibility index (Phi) is 4.33. The van der Waals surface area contributed by atoms with Crippen LogP contribution in [0.1, 0.15) is 0 Å². The smallest absolute Gasteiger partial charge is 0.422 e. The van der Waals surface area contributed by atoms with E-state index in [1.165, 1.54) is 16.8 Å². The van der Waals surface area contributed by atoms with Crippen molar-refractivity contribution in [2.24, 2.45) is 0 Å². The van der Waals surface area contributed by atoms with E-state index in [9.17, 15) is 18.0 Å². The average molecular weight is 385 g/mol. The highest BCUT2D eigenvalue weighted by atomic mass is 19.4. The molecule has 10 heteroatoms. The molecule has 0 aliphatic carbocycles. The molecule has 1 N–H and O–H groups in total. The average Bonchev–Trinajstić information content (AvgIpc) is 3.01. The van der Waals surface area contributed by atoms with Crippen LogP contribution in [0.5, 0.6) is 5.75 Å². The van der Waals surface area contributed by atoms with Crippen LogP contribution in [-0.2, 0) is 0 Å². The number of ether oxygens (including phenoxy) is 1. The largest absolute Gasteiger partial charge is 0.483 e. The van der Waals surface area contributed by atoms with E-state index in [1.54, 1.807) is 30.5 Å².